The van der Waals surface area contributed by atoms with Gasteiger partial charge in [0.05, 0.1) is 25.7 Å². The van der Waals surface area contributed by atoms with Crippen LogP contribution in [0.5, 0.6) is 0 Å². The van der Waals surface area contributed by atoms with E-state index < -0.39 is 41.7 Å². The number of Topliss-reactive ketones (excluding diaryl/α,β-unsaturated/α-hetero) is 1. The first-order valence-corrected chi connectivity index (χ1v) is 16.1. The third-order valence-electron chi connectivity index (χ3n) is 7.43. The summed E-state index contributed by atoms with van der Waals surface area (Å²) in [5.74, 6) is -0.902. The number of carbonyl (C=O) groups is 1. The molecular formula is C36H37ClO6S. The van der Waals surface area contributed by atoms with Gasteiger partial charge in [0.25, 0.3) is 0 Å². The molecule has 6 atom stereocenters. The average Bonchev–Trinajstić information content (AvgIpc) is 3.07. The minimum atomic E-state index is -1.52. The van der Waals surface area contributed by atoms with E-state index in [9.17, 15) is 9.90 Å². The number of aliphatic hydroxyl groups is 1. The Kier molecular flexibility index (Phi) is 12.0. The lowest BCUT2D eigenvalue weighted by atomic mass is 9.93. The topological polar surface area (TPSA) is 74.2 Å². The number of alkyl halides is 1. The van der Waals surface area contributed by atoms with Crippen molar-refractivity contribution in [3.63, 3.8) is 0 Å². The lowest BCUT2D eigenvalue weighted by molar-refractivity contribution is -0.260. The van der Waals surface area contributed by atoms with Gasteiger partial charge in [-0.3, -0.25) is 4.79 Å². The highest BCUT2D eigenvalue weighted by molar-refractivity contribution is 7.99. The van der Waals surface area contributed by atoms with Crippen molar-refractivity contribution in [2.75, 3.05) is 5.88 Å². The Labute approximate surface area is 268 Å². The van der Waals surface area contributed by atoms with Gasteiger partial charge in [-0.15, -0.1) is 11.6 Å². The first-order valence-electron chi connectivity index (χ1n) is 14.6. The molecule has 0 aromatic heterocycles. The minimum absolute atomic E-state index is 0.222. The van der Waals surface area contributed by atoms with E-state index in [4.69, 9.17) is 30.5 Å². The normalized spacial score (nSPS) is 22.4. The molecule has 5 rings (SSSR count). The Hall–Kier alpha value is -3.01. The van der Waals surface area contributed by atoms with Crippen LogP contribution in [0.4, 0.5) is 0 Å². The van der Waals surface area contributed by atoms with E-state index in [0.717, 1.165) is 27.1 Å². The van der Waals surface area contributed by atoms with Gasteiger partial charge in [0.15, 0.2) is 5.78 Å². The number of ether oxygens (including phenoxy) is 4. The molecule has 8 heteroatoms. The monoisotopic (exact) mass is 632 g/mol. The molecule has 1 fully saturated rings. The SMILES string of the molecule is Cc1ccc(S[C@@H]2O[C@H](C(O)C(=O)CCl)[C@@H](OCc3ccccc3)[C@H](OCc3ccccc3)[C@H]2OCc2ccccc2)cc1. The van der Waals surface area contributed by atoms with Crippen molar-refractivity contribution in [2.24, 2.45) is 0 Å². The molecule has 4 aromatic rings. The van der Waals surface area contributed by atoms with Gasteiger partial charge in [0.2, 0.25) is 0 Å². The number of benzene rings is 4. The molecule has 0 aliphatic carbocycles. The molecule has 0 radical (unpaired) electrons. The van der Waals surface area contributed by atoms with Gasteiger partial charge in [0, 0.05) is 4.90 Å². The van der Waals surface area contributed by atoms with E-state index in [1.807, 2.05) is 122 Å². The summed E-state index contributed by atoms with van der Waals surface area (Å²) in [4.78, 5) is 13.8. The van der Waals surface area contributed by atoms with Crippen LogP contribution in [-0.4, -0.2) is 52.7 Å². The van der Waals surface area contributed by atoms with Crippen molar-refractivity contribution in [2.45, 2.75) is 67.6 Å². The van der Waals surface area contributed by atoms with Crippen molar-refractivity contribution in [1.29, 1.82) is 0 Å². The second kappa shape index (κ2) is 16.3. The fourth-order valence-electron chi connectivity index (χ4n) is 5.05. The van der Waals surface area contributed by atoms with Crippen LogP contribution in [0.2, 0.25) is 0 Å². The summed E-state index contributed by atoms with van der Waals surface area (Å²) in [5, 5.41) is 11.3. The Bertz CT molecular complexity index is 1420. The highest BCUT2D eigenvalue weighted by Crippen LogP contribution is 2.39. The van der Waals surface area contributed by atoms with Gasteiger partial charge in [-0.05, 0) is 35.7 Å². The smallest absolute Gasteiger partial charge is 0.178 e. The van der Waals surface area contributed by atoms with Crippen LogP contribution in [0.3, 0.4) is 0 Å². The Balaban J connectivity index is 1.52. The first-order chi connectivity index (χ1) is 21.5. The van der Waals surface area contributed by atoms with Gasteiger partial charge in [0.1, 0.15) is 36.0 Å². The van der Waals surface area contributed by atoms with E-state index in [-0.39, 0.29) is 19.1 Å². The summed E-state index contributed by atoms with van der Waals surface area (Å²) in [6, 6.07) is 37.5. The third kappa shape index (κ3) is 8.79. The van der Waals surface area contributed by atoms with E-state index in [2.05, 4.69) is 0 Å². The predicted octanol–water partition coefficient (Wildman–Crippen LogP) is 6.74. The molecular weight excluding hydrogens is 596 g/mol. The third-order valence-corrected chi connectivity index (χ3v) is 8.85. The number of aliphatic hydroxyl groups excluding tert-OH is 1. The minimum Gasteiger partial charge on any atom is -0.382 e. The van der Waals surface area contributed by atoms with Gasteiger partial charge in [-0.25, -0.2) is 0 Å². The van der Waals surface area contributed by atoms with E-state index >= 15 is 0 Å². The molecule has 1 aliphatic heterocycles. The highest BCUT2D eigenvalue weighted by atomic mass is 35.5. The molecule has 6 nitrogen and oxygen atoms in total. The van der Waals surface area contributed by atoms with Crippen molar-refractivity contribution >= 4 is 29.1 Å². The van der Waals surface area contributed by atoms with Crippen LogP contribution in [0.1, 0.15) is 22.3 Å². The molecule has 1 unspecified atom stereocenters. The molecule has 230 valence electrons. The molecule has 0 saturated carbocycles. The van der Waals surface area contributed by atoms with Crippen LogP contribution in [0.15, 0.2) is 120 Å². The van der Waals surface area contributed by atoms with Crippen LogP contribution in [-0.2, 0) is 43.6 Å². The number of thioether (sulfide) groups is 1. The predicted molar refractivity (Wildman–Crippen MR) is 172 cm³/mol. The molecule has 0 bridgehead atoms. The van der Waals surface area contributed by atoms with Crippen LogP contribution in [0, 0.1) is 6.92 Å². The molecule has 44 heavy (non-hydrogen) atoms. The number of carbonyl (C=O) groups excluding carboxylic acids is 1. The quantitative estimate of drug-likeness (QED) is 0.154. The van der Waals surface area contributed by atoms with Gasteiger partial charge >= 0.3 is 0 Å². The number of rotatable bonds is 14. The van der Waals surface area contributed by atoms with E-state index in [1.165, 1.54) is 11.8 Å². The number of aryl methyl sites for hydroxylation is 1. The molecule has 1 aliphatic rings. The van der Waals surface area contributed by atoms with Crippen LogP contribution >= 0.6 is 23.4 Å². The maximum Gasteiger partial charge on any atom is 0.178 e. The molecule has 4 aromatic carbocycles. The molecule has 0 amide bonds. The Morgan fingerprint density at radius 1 is 0.727 bits per heavy atom. The summed E-state index contributed by atoms with van der Waals surface area (Å²) < 4.78 is 26.4. The molecule has 1 N–H and O–H groups in total. The highest BCUT2D eigenvalue weighted by Gasteiger charge is 2.52. The summed E-state index contributed by atoms with van der Waals surface area (Å²) in [6.45, 7) is 2.84. The maximum absolute atomic E-state index is 12.8. The van der Waals surface area contributed by atoms with Crippen LogP contribution < -0.4 is 0 Å². The second-order valence-corrected chi connectivity index (χ2v) is 12.2. The molecule has 1 heterocycles. The Morgan fingerprint density at radius 3 is 1.66 bits per heavy atom. The largest absolute Gasteiger partial charge is 0.382 e. The summed E-state index contributed by atoms with van der Waals surface area (Å²) in [6.07, 6.45) is -4.75. The summed E-state index contributed by atoms with van der Waals surface area (Å²) in [7, 11) is 0. The van der Waals surface area contributed by atoms with Gasteiger partial charge in [-0.2, -0.15) is 0 Å². The fourth-order valence-corrected chi connectivity index (χ4v) is 6.32. The first kappa shape index (κ1) is 32.4. The van der Waals surface area contributed by atoms with Crippen LogP contribution in [0.25, 0.3) is 0 Å². The fraction of sp³-hybridized carbons (Fsp3) is 0.306. The summed E-state index contributed by atoms with van der Waals surface area (Å²) in [5.41, 5.74) is 3.40. The van der Waals surface area contributed by atoms with Crippen molar-refractivity contribution in [3.05, 3.63) is 138 Å². The summed E-state index contributed by atoms with van der Waals surface area (Å²) >= 11 is 7.39. The zero-order chi connectivity index (χ0) is 30.7. The second-order valence-electron chi connectivity index (χ2n) is 10.7. The number of ketones is 1. The standard InChI is InChI=1S/C36H37ClO6S/c1-25-17-19-29(20-18-25)44-36-35(42-24-28-15-9-4-10-16-28)34(41-23-27-13-7-3-8-14-27)33(32(43-36)31(39)30(38)21-37)40-22-26-11-5-2-6-12-26/h2-20,31-36,39H,21-24H2,1H3/t31?,32-,33-,34+,35-,36+/m1/s1. The lowest BCUT2D eigenvalue weighted by Gasteiger charge is -2.47. The van der Waals surface area contributed by atoms with Crippen molar-refractivity contribution in [1.82, 2.24) is 0 Å². The molecule has 0 spiro atoms. The van der Waals surface area contributed by atoms with E-state index in [0.29, 0.717) is 6.61 Å². The number of hydrogen-bond acceptors (Lipinski definition) is 7. The van der Waals surface area contributed by atoms with Crippen molar-refractivity contribution < 1.29 is 28.8 Å². The zero-order valence-corrected chi connectivity index (χ0v) is 26.1. The van der Waals surface area contributed by atoms with E-state index in [1.54, 1.807) is 0 Å². The number of hydrogen-bond donors (Lipinski definition) is 1. The Morgan fingerprint density at radius 2 is 1.18 bits per heavy atom. The number of halogens is 1. The molecule has 1 saturated heterocycles. The van der Waals surface area contributed by atoms with Crippen molar-refractivity contribution in [3.8, 4) is 0 Å². The van der Waals surface area contributed by atoms with Gasteiger partial charge < -0.3 is 24.1 Å². The zero-order valence-electron chi connectivity index (χ0n) is 24.5. The lowest BCUT2D eigenvalue weighted by Crippen LogP contribution is -2.63. The average molecular weight is 633 g/mol. The maximum atomic E-state index is 12.8. The van der Waals surface area contributed by atoms with Gasteiger partial charge in [-0.1, -0.05) is 120 Å².